The summed E-state index contributed by atoms with van der Waals surface area (Å²) in [5.41, 5.74) is 1.71. The van der Waals surface area contributed by atoms with Crippen molar-refractivity contribution in [2.75, 3.05) is 54.6 Å². The molecule has 7 nitrogen and oxygen atoms in total. The smallest absolute Gasteiger partial charge is 0.257 e. The Labute approximate surface area is 171 Å². The second-order valence-corrected chi connectivity index (χ2v) is 6.82. The van der Waals surface area contributed by atoms with E-state index in [1.807, 2.05) is 17.0 Å². The van der Waals surface area contributed by atoms with E-state index in [-0.39, 0.29) is 5.91 Å². The van der Waals surface area contributed by atoms with Crippen molar-refractivity contribution >= 4 is 5.91 Å². The Hall–Kier alpha value is -2.93. The number of amides is 1. The Morgan fingerprint density at radius 1 is 0.793 bits per heavy atom. The predicted molar refractivity (Wildman–Crippen MR) is 110 cm³/mol. The van der Waals surface area contributed by atoms with Crippen LogP contribution in [0.4, 0.5) is 0 Å². The van der Waals surface area contributed by atoms with Crippen LogP contribution in [0, 0.1) is 0 Å². The molecule has 0 N–H and O–H groups in total. The van der Waals surface area contributed by atoms with Crippen molar-refractivity contribution in [3.63, 3.8) is 0 Å². The summed E-state index contributed by atoms with van der Waals surface area (Å²) in [5.74, 6) is 2.31. The lowest BCUT2D eigenvalue weighted by atomic mass is 10.1. The number of hydrogen-bond acceptors (Lipinski definition) is 6. The summed E-state index contributed by atoms with van der Waals surface area (Å²) in [4.78, 5) is 17.3. The number of nitrogens with zero attached hydrogens (tertiary/aromatic N) is 2. The first-order valence-electron chi connectivity index (χ1n) is 9.54. The van der Waals surface area contributed by atoms with E-state index in [4.69, 9.17) is 18.9 Å². The van der Waals surface area contributed by atoms with Crippen LogP contribution in [0.25, 0.3) is 0 Å². The molecule has 29 heavy (non-hydrogen) atoms. The van der Waals surface area contributed by atoms with Crippen molar-refractivity contribution in [3.05, 3.63) is 47.5 Å². The number of carbonyl (C=O) groups is 1. The molecule has 1 aliphatic heterocycles. The molecule has 1 heterocycles. The fourth-order valence-corrected chi connectivity index (χ4v) is 3.46. The first-order chi connectivity index (χ1) is 14.1. The first-order valence-corrected chi connectivity index (χ1v) is 9.54. The van der Waals surface area contributed by atoms with Gasteiger partial charge < -0.3 is 23.8 Å². The van der Waals surface area contributed by atoms with Crippen molar-refractivity contribution in [1.82, 2.24) is 9.80 Å². The lowest BCUT2D eigenvalue weighted by Crippen LogP contribution is -2.48. The van der Waals surface area contributed by atoms with Crippen LogP contribution in [0.5, 0.6) is 23.0 Å². The van der Waals surface area contributed by atoms with Gasteiger partial charge in [-0.2, -0.15) is 0 Å². The highest BCUT2D eigenvalue weighted by Crippen LogP contribution is 2.35. The molecule has 0 saturated carbocycles. The Kier molecular flexibility index (Phi) is 6.82. The highest BCUT2D eigenvalue weighted by atomic mass is 16.5. The third kappa shape index (κ3) is 4.74. The van der Waals surface area contributed by atoms with Gasteiger partial charge in [0.25, 0.3) is 5.91 Å². The Bertz CT molecular complexity index is 830. The van der Waals surface area contributed by atoms with Crippen LogP contribution in [0.15, 0.2) is 36.4 Å². The first kappa shape index (κ1) is 20.8. The Morgan fingerprint density at radius 3 is 1.93 bits per heavy atom. The molecule has 156 valence electrons. The van der Waals surface area contributed by atoms with E-state index in [1.165, 1.54) is 5.56 Å². The molecule has 0 bridgehead atoms. The van der Waals surface area contributed by atoms with Crippen molar-refractivity contribution in [1.29, 1.82) is 0 Å². The lowest BCUT2D eigenvalue weighted by molar-refractivity contribution is 0.0625. The van der Waals surface area contributed by atoms with E-state index < -0.39 is 0 Å². The standard InChI is InChI=1S/C22H28N2O5/c1-26-17-7-5-16(6-8-17)15-23-9-11-24(12-10-23)22(25)18-13-20(28-3)21(29-4)14-19(18)27-2/h5-8,13-14H,9-12,15H2,1-4H3. The van der Waals surface area contributed by atoms with Gasteiger partial charge >= 0.3 is 0 Å². The highest BCUT2D eigenvalue weighted by molar-refractivity contribution is 5.98. The van der Waals surface area contributed by atoms with Gasteiger partial charge in [0.1, 0.15) is 11.5 Å². The van der Waals surface area contributed by atoms with E-state index in [9.17, 15) is 4.79 Å². The molecule has 2 aromatic carbocycles. The molecular formula is C22H28N2O5. The van der Waals surface area contributed by atoms with Crippen molar-refractivity contribution in [2.45, 2.75) is 6.54 Å². The van der Waals surface area contributed by atoms with Crippen molar-refractivity contribution in [2.24, 2.45) is 0 Å². The van der Waals surface area contributed by atoms with Gasteiger partial charge in [-0.3, -0.25) is 9.69 Å². The summed E-state index contributed by atoms with van der Waals surface area (Å²) in [6, 6.07) is 11.5. The molecule has 0 atom stereocenters. The van der Waals surface area contributed by atoms with Gasteiger partial charge in [-0.05, 0) is 17.7 Å². The van der Waals surface area contributed by atoms with Crippen molar-refractivity contribution < 1.29 is 23.7 Å². The number of hydrogen-bond donors (Lipinski definition) is 0. The molecule has 0 spiro atoms. The Balaban J connectivity index is 1.65. The maximum Gasteiger partial charge on any atom is 0.257 e. The quantitative estimate of drug-likeness (QED) is 0.712. The van der Waals surface area contributed by atoms with E-state index >= 15 is 0 Å². The molecule has 3 rings (SSSR count). The average molecular weight is 400 g/mol. The van der Waals surface area contributed by atoms with E-state index in [2.05, 4.69) is 17.0 Å². The molecule has 0 unspecified atom stereocenters. The molecule has 0 radical (unpaired) electrons. The number of benzene rings is 2. The topological polar surface area (TPSA) is 60.5 Å². The summed E-state index contributed by atoms with van der Waals surface area (Å²) in [5, 5.41) is 0. The monoisotopic (exact) mass is 400 g/mol. The fourth-order valence-electron chi connectivity index (χ4n) is 3.46. The number of rotatable bonds is 7. The summed E-state index contributed by atoms with van der Waals surface area (Å²) >= 11 is 0. The van der Waals surface area contributed by atoms with Gasteiger partial charge in [0.15, 0.2) is 11.5 Å². The molecule has 7 heteroatoms. The number of ether oxygens (including phenoxy) is 4. The van der Waals surface area contributed by atoms with Crippen LogP contribution in [-0.4, -0.2) is 70.3 Å². The molecular weight excluding hydrogens is 372 g/mol. The fraction of sp³-hybridized carbons (Fsp3) is 0.409. The number of piperazine rings is 1. The molecule has 1 amide bonds. The summed E-state index contributed by atoms with van der Waals surface area (Å²) in [6.07, 6.45) is 0. The molecule has 1 fully saturated rings. The predicted octanol–water partition coefficient (Wildman–Crippen LogP) is 2.68. The van der Waals surface area contributed by atoms with Crippen LogP contribution < -0.4 is 18.9 Å². The zero-order valence-corrected chi connectivity index (χ0v) is 17.4. The van der Waals surface area contributed by atoms with Gasteiger partial charge in [-0.25, -0.2) is 0 Å². The third-order valence-electron chi connectivity index (χ3n) is 5.16. The van der Waals surface area contributed by atoms with E-state index in [1.54, 1.807) is 40.6 Å². The molecule has 2 aromatic rings. The molecule has 1 aliphatic rings. The lowest BCUT2D eigenvalue weighted by Gasteiger charge is -2.35. The number of methoxy groups -OCH3 is 4. The molecule has 0 aromatic heterocycles. The van der Waals surface area contributed by atoms with Crippen molar-refractivity contribution in [3.8, 4) is 23.0 Å². The third-order valence-corrected chi connectivity index (χ3v) is 5.16. The second-order valence-electron chi connectivity index (χ2n) is 6.82. The molecule has 1 saturated heterocycles. The summed E-state index contributed by atoms with van der Waals surface area (Å²) < 4.78 is 21.3. The van der Waals surface area contributed by atoms with Crippen LogP contribution in [0.3, 0.4) is 0 Å². The highest BCUT2D eigenvalue weighted by Gasteiger charge is 2.26. The zero-order chi connectivity index (χ0) is 20.8. The van der Waals surface area contributed by atoms with Gasteiger partial charge in [0.2, 0.25) is 0 Å². The SMILES string of the molecule is COc1ccc(CN2CCN(C(=O)c3cc(OC)c(OC)cc3OC)CC2)cc1. The average Bonchev–Trinajstić information content (AvgIpc) is 2.78. The maximum absolute atomic E-state index is 13.1. The van der Waals surface area contributed by atoms with Crippen LogP contribution in [0.2, 0.25) is 0 Å². The molecule has 0 aliphatic carbocycles. The second kappa shape index (κ2) is 9.52. The van der Waals surface area contributed by atoms with E-state index in [0.717, 1.165) is 25.4 Å². The maximum atomic E-state index is 13.1. The largest absolute Gasteiger partial charge is 0.497 e. The summed E-state index contributed by atoms with van der Waals surface area (Å²) in [6.45, 7) is 3.80. The minimum Gasteiger partial charge on any atom is -0.497 e. The minimum absolute atomic E-state index is 0.0631. The number of carbonyl (C=O) groups excluding carboxylic acids is 1. The minimum atomic E-state index is -0.0631. The van der Waals surface area contributed by atoms with E-state index in [0.29, 0.717) is 35.9 Å². The van der Waals surface area contributed by atoms with Crippen LogP contribution in [-0.2, 0) is 6.54 Å². The van der Waals surface area contributed by atoms with Crippen LogP contribution >= 0.6 is 0 Å². The zero-order valence-electron chi connectivity index (χ0n) is 17.4. The Morgan fingerprint density at radius 2 is 1.38 bits per heavy atom. The van der Waals surface area contributed by atoms with Crippen LogP contribution in [0.1, 0.15) is 15.9 Å². The van der Waals surface area contributed by atoms with Gasteiger partial charge in [-0.1, -0.05) is 12.1 Å². The summed E-state index contributed by atoms with van der Waals surface area (Å²) in [7, 11) is 6.32. The van der Waals surface area contributed by atoms with Gasteiger partial charge in [-0.15, -0.1) is 0 Å². The van der Waals surface area contributed by atoms with Gasteiger partial charge in [0, 0.05) is 44.9 Å². The normalized spacial score (nSPS) is 14.4. The van der Waals surface area contributed by atoms with Gasteiger partial charge in [0.05, 0.1) is 34.0 Å².